The zero-order valence-corrected chi connectivity index (χ0v) is 15.5. The third-order valence-corrected chi connectivity index (χ3v) is 5.71. The van der Waals surface area contributed by atoms with Crippen LogP contribution in [0.15, 0.2) is 18.2 Å². The lowest BCUT2D eigenvalue weighted by molar-refractivity contribution is 0.0932. The smallest absolute Gasteiger partial charge is 0.409 e. The first-order chi connectivity index (χ1) is 11.3. The van der Waals surface area contributed by atoms with Crippen LogP contribution in [0.4, 0.5) is 4.79 Å². The Morgan fingerprint density at radius 2 is 1.92 bits per heavy atom. The van der Waals surface area contributed by atoms with Crippen LogP contribution in [0, 0.1) is 0 Å². The van der Waals surface area contributed by atoms with E-state index in [1.807, 2.05) is 0 Å². The third-order valence-electron chi connectivity index (χ3n) is 3.56. The van der Waals surface area contributed by atoms with E-state index in [1.165, 1.54) is 9.21 Å². The van der Waals surface area contributed by atoms with E-state index in [4.69, 9.17) is 27.9 Å². The lowest BCUT2D eigenvalue weighted by Crippen LogP contribution is -2.53. The van der Waals surface area contributed by atoms with Gasteiger partial charge in [0.1, 0.15) is 0 Å². The predicted octanol–water partition coefficient (Wildman–Crippen LogP) is 2.10. The molecule has 0 spiro atoms. The Labute approximate surface area is 151 Å². The molecule has 0 atom stereocenters. The average Bonchev–Trinajstić information content (AvgIpc) is 2.54. The van der Waals surface area contributed by atoms with Crippen molar-refractivity contribution in [2.45, 2.75) is 13.5 Å². The summed E-state index contributed by atoms with van der Waals surface area (Å²) in [4.78, 5) is 13.1. The largest absolute Gasteiger partial charge is 0.450 e. The standard InChI is InChI=1S/C14H19Cl2N3O4S/c1-2-23-14(20)18-5-7-19(8-6-18)24(21,22)17-10-11-3-4-12(15)9-13(11)16/h3-4,9,17H,2,5-8,10H2,1H3. The Morgan fingerprint density at radius 3 is 2.50 bits per heavy atom. The molecule has 1 fully saturated rings. The number of nitrogens with one attached hydrogen (secondary N) is 1. The molecule has 0 radical (unpaired) electrons. The second kappa shape index (κ2) is 8.35. The summed E-state index contributed by atoms with van der Waals surface area (Å²) in [7, 11) is -3.66. The molecule has 7 nitrogen and oxygen atoms in total. The minimum absolute atomic E-state index is 0.0659. The van der Waals surface area contributed by atoms with Gasteiger partial charge < -0.3 is 9.64 Å². The second-order valence-electron chi connectivity index (χ2n) is 5.15. The summed E-state index contributed by atoms with van der Waals surface area (Å²) in [6, 6.07) is 4.88. The van der Waals surface area contributed by atoms with Gasteiger partial charge in [0.2, 0.25) is 0 Å². The molecule has 1 heterocycles. The highest BCUT2D eigenvalue weighted by Gasteiger charge is 2.29. The van der Waals surface area contributed by atoms with Crippen molar-refractivity contribution in [3.8, 4) is 0 Å². The van der Waals surface area contributed by atoms with E-state index in [9.17, 15) is 13.2 Å². The number of carbonyl (C=O) groups excluding carboxylic acids is 1. The van der Waals surface area contributed by atoms with Crippen molar-refractivity contribution < 1.29 is 17.9 Å². The van der Waals surface area contributed by atoms with Gasteiger partial charge in [-0.1, -0.05) is 29.3 Å². The molecule has 0 aliphatic carbocycles. The minimum Gasteiger partial charge on any atom is -0.450 e. The van der Waals surface area contributed by atoms with Crippen molar-refractivity contribution in [1.82, 2.24) is 13.9 Å². The van der Waals surface area contributed by atoms with E-state index in [0.717, 1.165) is 0 Å². The fourth-order valence-electron chi connectivity index (χ4n) is 2.25. The van der Waals surface area contributed by atoms with Crippen LogP contribution < -0.4 is 4.72 Å². The number of benzene rings is 1. The average molecular weight is 396 g/mol. The molecule has 1 aromatic carbocycles. The molecule has 2 rings (SSSR count). The highest BCUT2D eigenvalue weighted by atomic mass is 35.5. The number of hydrogen-bond acceptors (Lipinski definition) is 4. The highest BCUT2D eigenvalue weighted by molar-refractivity contribution is 7.87. The fraction of sp³-hybridized carbons (Fsp3) is 0.500. The molecule has 1 aliphatic heterocycles. The molecule has 134 valence electrons. The highest BCUT2D eigenvalue weighted by Crippen LogP contribution is 2.21. The SMILES string of the molecule is CCOC(=O)N1CCN(S(=O)(=O)NCc2ccc(Cl)cc2Cl)CC1. The molecular formula is C14H19Cl2N3O4S. The first kappa shape index (κ1) is 19.3. The lowest BCUT2D eigenvalue weighted by Gasteiger charge is -2.33. The van der Waals surface area contributed by atoms with Gasteiger partial charge in [0, 0.05) is 42.8 Å². The zero-order valence-electron chi connectivity index (χ0n) is 13.2. The number of rotatable bonds is 5. The summed E-state index contributed by atoms with van der Waals surface area (Å²) < 4.78 is 33.4. The van der Waals surface area contributed by atoms with Gasteiger partial charge in [0.15, 0.2) is 0 Å². The molecule has 0 saturated carbocycles. The van der Waals surface area contributed by atoms with Crippen molar-refractivity contribution in [3.05, 3.63) is 33.8 Å². The molecule has 1 saturated heterocycles. The van der Waals surface area contributed by atoms with E-state index in [1.54, 1.807) is 25.1 Å². The van der Waals surface area contributed by atoms with Crippen molar-refractivity contribution in [2.24, 2.45) is 0 Å². The predicted molar refractivity (Wildman–Crippen MR) is 92.4 cm³/mol. The van der Waals surface area contributed by atoms with Gasteiger partial charge in [0.25, 0.3) is 10.2 Å². The van der Waals surface area contributed by atoms with Crippen LogP contribution in [-0.2, 0) is 21.5 Å². The molecule has 1 amide bonds. The maximum absolute atomic E-state index is 12.4. The van der Waals surface area contributed by atoms with Crippen LogP contribution in [0.3, 0.4) is 0 Å². The maximum Gasteiger partial charge on any atom is 0.409 e. The quantitative estimate of drug-likeness (QED) is 0.827. The van der Waals surface area contributed by atoms with Gasteiger partial charge in [-0.15, -0.1) is 0 Å². The number of carbonyl (C=O) groups is 1. The molecule has 0 unspecified atom stereocenters. The second-order valence-corrected chi connectivity index (χ2v) is 7.75. The van der Waals surface area contributed by atoms with Crippen LogP contribution in [0.25, 0.3) is 0 Å². The Bertz CT molecular complexity index is 691. The van der Waals surface area contributed by atoms with Gasteiger partial charge in [-0.05, 0) is 24.6 Å². The van der Waals surface area contributed by atoms with Crippen molar-refractivity contribution in [1.29, 1.82) is 0 Å². The number of nitrogens with zero attached hydrogens (tertiary/aromatic N) is 2. The lowest BCUT2D eigenvalue weighted by atomic mass is 10.2. The summed E-state index contributed by atoms with van der Waals surface area (Å²) >= 11 is 11.9. The molecule has 0 bridgehead atoms. The summed E-state index contributed by atoms with van der Waals surface area (Å²) in [5, 5.41) is 0.888. The fourth-order valence-corrected chi connectivity index (χ4v) is 3.89. The molecule has 1 N–H and O–H groups in total. The van der Waals surface area contributed by atoms with Gasteiger partial charge in [-0.3, -0.25) is 0 Å². The summed E-state index contributed by atoms with van der Waals surface area (Å²) in [6.45, 7) is 3.09. The van der Waals surface area contributed by atoms with Crippen LogP contribution in [-0.4, -0.2) is 56.5 Å². The van der Waals surface area contributed by atoms with Crippen molar-refractivity contribution >= 4 is 39.5 Å². The zero-order chi connectivity index (χ0) is 17.7. The number of amides is 1. The molecule has 1 aromatic rings. The van der Waals surface area contributed by atoms with Gasteiger partial charge in [-0.2, -0.15) is 17.4 Å². The molecule has 1 aliphatic rings. The Hall–Kier alpha value is -1.06. The topological polar surface area (TPSA) is 79.0 Å². The van der Waals surface area contributed by atoms with E-state index < -0.39 is 16.3 Å². The molecule has 24 heavy (non-hydrogen) atoms. The Morgan fingerprint density at radius 1 is 1.25 bits per heavy atom. The van der Waals surface area contributed by atoms with Crippen molar-refractivity contribution in [3.63, 3.8) is 0 Å². The van der Waals surface area contributed by atoms with Crippen LogP contribution in [0.5, 0.6) is 0 Å². The number of hydrogen-bond donors (Lipinski definition) is 1. The number of halogens is 2. The summed E-state index contributed by atoms with van der Waals surface area (Å²) in [5.74, 6) is 0. The number of piperazine rings is 1. The van der Waals surface area contributed by atoms with Gasteiger partial charge in [0.05, 0.1) is 6.61 Å². The molecular weight excluding hydrogens is 377 g/mol. The van der Waals surface area contributed by atoms with E-state index >= 15 is 0 Å². The minimum atomic E-state index is -3.66. The first-order valence-electron chi connectivity index (χ1n) is 7.44. The Kier molecular flexibility index (Phi) is 6.70. The molecule has 0 aromatic heterocycles. The Balaban J connectivity index is 1.91. The summed E-state index contributed by atoms with van der Waals surface area (Å²) in [6.07, 6.45) is -0.421. The van der Waals surface area contributed by atoms with E-state index in [2.05, 4.69) is 4.72 Å². The number of ether oxygens (including phenoxy) is 1. The van der Waals surface area contributed by atoms with Crippen LogP contribution in [0.1, 0.15) is 12.5 Å². The van der Waals surface area contributed by atoms with Crippen LogP contribution >= 0.6 is 23.2 Å². The van der Waals surface area contributed by atoms with E-state index in [0.29, 0.717) is 35.3 Å². The normalized spacial score (nSPS) is 16.2. The van der Waals surface area contributed by atoms with Crippen LogP contribution in [0.2, 0.25) is 10.0 Å². The monoisotopic (exact) mass is 395 g/mol. The first-order valence-corrected chi connectivity index (χ1v) is 9.63. The van der Waals surface area contributed by atoms with E-state index in [-0.39, 0.29) is 19.6 Å². The maximum atomic E-state index is 12.4. The molecule has 10 heteroatoms. The van der Waals surface area contributed by atoms with Gasteiger partial charge >= 0.3 is 6.09 Å². The van der Waals surface area contributed by atoms with Gasteiger partial charge in [-0.25, -0.2) is 4.79 Å². The third kappa shape index (κ3) is 4.97. The summed E-state index contributed by atoms with van der Waals surface area (Å²) in [5.41, 5.74) is 0.634. The van der Waals surface area contributed by atoms with Crippen molar-refractivity contribution in [2.75, 3.05) is 32.8 Å².